The zero-order chi connectivity index (χ0) is 28.1. The summed E-state index contributed by atoms with van der Waals surface area (Å²) in [5.74, 6) is -2.19. The SMILES string of the molecule is CCCNC(=O)[C@H]1[C@H]2C(=O)N([C@@H](CO)[C@@H](C)CC)C(C(=O)NC(C)(C)CC(C)(C)C)C23CC(C)[C@]1(C)O3. The van der Waals surface area contributed by atoms with Gasteiger partial charge in [0.25, 0.3) is 0 Å². The number of nitrogens with zero attached hydrogens (tertiary/aromatic N) is 1. The van der Waals surface area contributed by atoms with E-state index in [0.717, 1.165) is 19.3 Å². The number of aliphatic hydroxyl groups excluding tert-OH is 1. The van der Waals surface area contributed by atoms with Gasteiger partial charge in [-0.25, -0.2) is 0 Å². The van der Waals surface area contributed by atoms with Crippen LogP contribution in [-0.4, -0.2) is 69.7 Å². The van der Waals surface area contributed by atoms with Gasteiger partial charge in [0.2, 0.25) is 17.7 Å². The molecule has 0 aromatic carbocycles. The third-order valence-electron chi connectivity index (χ3n) is 9.11. The van der Waals surface area contributed by atoms with Crippen LogP contribution in [0.4, 0.5) is 0 Å². The molecule has 3 aliphatic rings. The van der Waals surface area contributed by atoms with E-state index in [4.69, 9.17) is 4.74 Å². The Labute approximate surface area is 223 Å². The maximum absolute atomic E-state index is 14.3. The Morgan fingerprint density at radius 1 is 1.19 bits per heavy atom. The maximum atomic E-state index is 14.3. The van der Waals surface area contributed by atoms with Gasteiger partial charge < -0.3 is 25.4 Å². The summed E-state index contributed by atoms with van der Waals surface area (Å²) < 4.78 is 6.79. The van der Waals surface area contributed by atoms with E-state index in [1.54, 1.807) is 4.90 Å². The highest BCUT2D eigenvalue weighted by Crippen LogP contribution is 2.65. The molecule has 0 radical (unpaired) electrons. The van der Waals surface area contributed by atoms with Crippen molar-refractivity contribution in [3.05, 3.63) is 0 Å². The molecule has 3 saturated heterocycles. The van der Waals surface area contributed by atoms with Crippen molar-refractivity contribution in [1.82, 2.24) is 15.5 Å². The molecule has 2 bridgehead atoms. The van der Waals surface area contributed by atoms with Crippen molar-refractivity contribution in [1.29, 1.82) is 0 Å². The van der Waals surface area contributed by atoms with E-state index in [0.29, 0.717) is 13.0 Å². The van der Waals surface area contributed by atoms with Crippen LogP contribution in [-0.2, 0) is 19.1 Å². The quantitative estimate of drug-likeness (QED) is 0.409. The van der Waals surface area contributed by atoms with Crippen molar-refractivity contribution < 1.29 is 24.2 Å². The molecule has 3 amide bonds. The standard InChI is InChI=1S/C29H51N3O5/c1-11-13-30-23(34)20-21-25(36)32(19(15-33)17(3)12-2)22(29(21)14-18(4)28(20,10)37-29)24(35)31-27(8,9)16-26(5,6)7/h17-22,33H,11-16H2,1-10H3,(H,30,34)(H,31,35)/t17-,18?,19-,20+,21-,22?,28-,29?/m0/s1. The van der Waals surface area contributed by atoms with Gasteiger partial charge in [0.15, 0.2) is 0 Å². The second-order valence-corrected chi connectivity index (χ2v) is 14.0. The summed E-state index contributed by atoms with van der Waals surface area (Å²) in [5, 5.41) is 16.7. The van der Waals surface area contributed by atoms with Crippen LogP contribution in [0.5, 0.6) is 0 Å². The minimum atomic E-state index is -1.11. The van der Waals surface area contributed by atoms with Crippen LogP contribution >= 0.6 is 0 Å². The first kappa shape index (κ1) is 29.9. The van der Waals surface area contributed by atoms with Gasteiger partial charge in [-0.1, -0.05) is 54.9 Å². The number of amides is 3. The molecular formula is C29H51N3O5. The molecule has 3 aliphatic heterocycles. The third kappa shape index (κ3) is 5.05. The van der Waals surface area contributed by atoms with Crippen molar-refractivity contribution in [2.45, 2.75) is 124 Å². The van der Waals surface area contributed by atoms with Crippen LogP contribution in [0.2, 0.25) is 0 Å². The predicted octanol–water partition coefficient (Wildman–Crippen LogP) is 3.26. The van der Waals surface area contributed by atoms with Crippen LogP contribution in [0, 0.1) is 29.1 Å². The van der Waals surface area contributed by atoms with Crippen LogP contribution < -0.4 is 10.6 Å². The van der Waals surface area contributed by atoms with Gasteiger partial charge in [0.1, 0.15) is 11.6 Å². The zero-order valence-electron chi connectivity index (χ0n) is 24.7. The summed E-state index contributed by atoms with van der Waals surface area (Å²) >= 11 is 0. The highest BCUT2D eigenvalue weighted by Gasteiger charge is 2.80. The lowest BCUT2D eigenvalue weighted by Crippen LogP contribution is -2.62. The fourth-order valence-electron chi connectivity index (χ4n) is 7.68. The number of nitrogens with one attached hydrogen (secondary N) is 2. The summed E-state index contributed by atoms with van der Waals surface area (Å²) in [4.78, 5) is 43.7. The van der Waals surface area contributed by atoms with E-state index in [1.165, 1.54) is 0 Å². The second-order valence-electron chi connectivity index (χ2n) is 14.0. The summed E-state index contributed by atoms with van der Waals surface area (Å²) in [6.45, 7) is 20.7. The van der Waals surface area contributed by atoms with Gasteiger partial charge in [-0.3, -0.25) is 14.4 Å². The summed E-state index contributed by atoms with van der Waals surface area (Å²) in [6, 6.07) is -1.45. The molecule has 3 N–H and O–H groups in total. The largest absolute Gasteiger partial charge is 0.394 e. The molecule has 3 fully saturated rings. The monoisotopic (exact) mass is 521 g/mol. The van der Waals surface area contributed by atoms with Crippen LogP contribution in [0.1, 0.15) is 94.9 Å². The van der Waals surface area contributed by atoms with Crippen molar-refractivity contribution in [3.8, 4) is 0 Å². The first-order chi connectivity index (χ1) is 17.0. The van der Waals surface area contributed by atoms with Crippen LogP contribution in [0.15, 0.2) is 0 Å². The molecular weight excluding hydrogens is 470 g/mol. The van der Waals surface area contributed by atoms with E-state index < -0.39 is 40.7 Å². The number of aliphatic hydroxyl groups is 1. The molecule has 3 heterocycles. The normalized spacial score (nSPS) is 34.9. The summed E-state index contributed by atoms with van der Waals surface area (Å²) in [5.41, 5.74) is -2.48. The Bertz CT molecular complexity index is 898. The highest BCUT2D eigenvalue weighted by atomic mass is 16.5. The Hall–Kier alpha value is -1.67. The maximum Gasteiger partial charge on any atom is 0.246 e. The molecule has 1 spiro atoms. The molecule has 0 aromatic rings. The molecule has 212 valence electrons. The number of hydrogen-bond donors (Lipinski definition) is 3. The Balaban J connectivity index is 2.12. The lowest BCUT2D eigenvalue weighted by atomic mass is 9.62. The van der Waals surface area contributed by atoms with E-state index >= 15 is 0 Å². The molecule has 8 heteroatoms. The molecule has 37 heavy (non-hydrogen) atoms. The smallest absolute Gasteiger partial charge is 0.246 e. The first-order valence-electron chi connectivity index (χ1n) is 14.2. The molecule has 8 nitrogen and oxygen atoms in total. The van der Waals surface area contributed by atoms with Crippen molar-refractivity contribution >= 4 is 17.7 Å². The van der Waals surface area contributed by atoms with Crippen molar-refractivity contribution in [3.63, 3.8) is 0 Å². The van der Waals surface area contributed by atoms with Gasteiger partial charge in [0.05, 0.1) is 30.1 Å². The Morgan fingerprint density at radius 3 is 2.32 bits per heavy atom. The lowest BCUT2D eigenvalue weighted by molar-refractivity contribution is -0.153. The molecule has 0 aliphatic carbocycles. The number of carbonyl (C=O) groups excluding carboxylic acids is 3. The Morgan fingerprint density at radius 2 is 1.81 bits per heavy atom. The average molecular weight is 522 g/mol. The van der Waals surface area contributed by atoms with Gasteiger partial charge in [0, 0.05) is 12.1 Å². The number of carbonyl (C=O) groups is 3. The predicted molar refractivity (Wildman–Crippen MR) is 144 cm³/mol. The topological polar surface area (TPSA) is 108 Å². The van der Waals surface area contributed by atoms with Crippen molar-refractivity contribution in [2.75, 3.05) is 13.2 Å². The van der Waals surface area contributed by atoms with Crippen LogP contribution in [0.25, 0.3) is 0 Å². The van der Waals surface area contributed by atoms with Gasteiger partial charge in [-0.2, -0.15) is 0 Å². The van der Waals surface area contributed by atoms with E-state index in [1.807, 2.05) is 41.5 Å². The molecule has 8 atom stereocenters. The number of rotatable bonds is 10. The number of hydrogen-bond acceptors (Lipinski definition) is 5. The van der Waals surface area contributed by atoms with E-state index in [9.17, 15) is 19.5 Å². The average Bonchev–Trinajstić information content (AvgIpc) is 3.27. The van der Waals surface area contributed by atoms with Gasteiger partial charge >= 0.3 is 0 Å². The van der Waals surface area contributed by atoms with Crippen molar-refractivity contribution in [2.24, 2.45) is 29.1 Å². The van der Waals surface area contributed by atoms with E-state index in [2.05, 4.69) is 38.3 Å². The third-order valence-corrected chi connectivity index (χ3v) is 9.11. The molecule has 3 unspecified atom stereocenters. The highest BCUT2D eigenvalue weighted by molar-refractivity contribution is 5.99. The van der Waals surface area contributed by atoms with Gasteiger partial charge in [-0.15, -0.1) is 0 Å². The fourth-order valence-corrected chi connectivity index (χ4v) is 7.68. The number of ether oxygens (including phenoxy) is 1. The van der Waals surface area contributed by atoms with Gasteiger partial charge in [-0.05, 0) is 57.3 Å². The van der Waals surface area contributed by atoms with Crippen LogP contribution in [0.3, 0.4) is 0 Å². The minimum Gasteiger partial charge on any atom is -0.394 e. The fraction of sp³-hybridized carbons (Fsp3) is 0.897. The minimum absolute atomic E-state index is 0.0112. The second kappa shape index (κ2) is 10.1. The summed E-state index contributed by atoms with van der Waals surface area (Å²) in [6.07, 6.45) is 2.79. The molecule has 3 rings (SSSR count). The summed E-state index contributed by atoms with van der Waals surface area (Å²) in [7, 11) is 0. The number of fused-ring (bicyclic) bond motifs is 1. The Kier molecular flexibility index (Phi) is 8.19. The lowest BCUT2D eigenvalue weighted by Gasteiger charge is -2.41. The van der Waals surface area contributed by atoms with E-state index in [-0.39, 0.29) is 41.6 Å². The number of likely N-dealkylation sites (tertiary alicyclic amines) is 1. The first-order valence-corrected chi connectivity index (χ1v) is 14.2. The molecule has 0 saturated carbocycles. The zero-order valence-corrected chi connectivity index (χ0v) is 24.7. The molecule has 0 aromatic heterocycles.